The van der Waals surface area contributed by atoms with Crippen LogP contribution in [0.3, 0.4) is 0 Å². The van der Waals surface area contributed by atoms with Crippen LogP contribution >= 0.6 is 0 Å². The lowest BCUT2D eigenvalue weighted by molar-refractivity contribution is 0.487. The van der Waals surface area contributed by atoms with E-state index in [1.54, 1.807) is 0 Å². The maximum absolute atomic E-state index is 7.16. The van der Waals surface area contributed by atoms with Gasteiger partial charge in [-0.2, -0.15) is 0 Å². The Labute approximate surface area is 420 Å². The summed E-state index contributed by atoms with van der Waals surface area (Å²) in [5.41, 5.74) is 18.1. The SMILES string of the molecule is C1=CCC(n2c3ccccc3c3cc(N(c4ccc(-c5ccccc5)cc4)c4ccc5c(c4)Oc4cccc6c4B5c4ccc(N(c5ccccc5)c5ccccc5)cc4N6c4ccccc4)ccc32)C=C1. The van der Waals surface area contributed by atoms with E-state index in [0.29, 0.717) is 0 Å². The lowest BCUT2D eigenvalue weighted by Crippen LogP contribution is -2.59. The van der Waals surface area contributed by atoms with Crippen molar-refractivity contribution in [1.29, 1.82) is 0 Å². The predicted octanol–water partition coefficient (Wildman–Crippen LogP) is 15.9. The first-order valence-corrected chi connectivity index (χ1v) is 24.9. The summed E-state index contributed by atoms with van der Waals surface area (Å²) in [4.78, 5) is 7.15. The number of para-hydroxylation sites is 4. The topological polar surface area (TPSA) is 23.9 Å². The van der Waals surface area contributed by atoms with Gasteiger partial charge in [-0.25, -0.2) is 0 Å². The fourth-order valence-corrected chi connectivity index (χ4v) is 11.5. The third kappa shape index (κ3) is 6.94. The molecule has 2 aliphatic heterocycles. The fourth-order valence-electron chi connectivity index (χ4n) is 11.5. The minimum absolute atomic E-state index is 0.0790. The van der Waals surface area contributed by atoms with Crippen LogP contribution in [0.4, 0.5) is 51.2 Å². The molecule has 3 heterocycles. The summed E-state index contributed by atoms with van der Waals surface area (Å²) in [6, 6.07) is 88.1. The molecule has 5 nitrogen and oxygen atoms in total. The van der Waals surface area contributed by atoms with Crippen molar-refractivity contribution >= 4 is 96.1 Å². The number of nitrogens with zero attached hydrogens (tertiary/aromatic N) is 4. The third-order valence-corrected chi connectivity index (χ3v) is 14.7. The van der Waals surface area contributed by atoms with Crippen molar-refractivity contribution in [3.63, 3.8) is 0 Å². The molecule has 10 aromatic carbocycles. The first-order chi connectivity index (χ1) is 35.7. The Balaban J connectivity index is 0.935. The van der Waals surface area contributed by atoms with Crippen LogP contribution in [0.15, 0.2) is 267 Å². The summed E-state index contributed by atoms with van der Waals surface area (Å²) < 4.78 is 9.67. The Hall–Kier alpha value is -9.26. The van der Waals surface area contributed by atoms with Gasteiger partial charge in [0.25, 0.3) is 6.71 Å². The molecule has 0 amide bonds. The van der Waals surface area contributed by atoms with Crippen molar-refractivity contribution in [2.75, 3.05) is 14.7 Å². The summed E-state index contributed by atoms with van der Waals surface area (Å²) in [5, 5.41) is 2.48. The molecule has 72 heavy (non-hydrogen) atoms. The van der Waals surface area contributed by atoms with Crippen LogP contribution < -0.4 is 35.8 Å². The molecule has 0 saturated heterocycles. The number of aromatic nitrogens is 1. The fraction of sp³-hybridized carbons (Fsp3) is 0.0303. The summed E-state index contributed by atoms with van der Waals surface area (Å²) in [5.74, 6) is 1.72. The molecule has 0 radical (unpaired) electrons. The lowest BCUT2D eigenvalue weighted by Gasteiger charge is -2.41. The minimum Gasteiger partial charge on any atom is -0.458 e. The Kier molecular flexibility index (Phi) is 10.0. The monoisotopic (exact) mass is 922 g/mol. The van der Waals surface area contributed by atoms with Crippen LogP contribution in [-0.4, -0.2) is 11.3 Å². The van der Waals surface area contributed by atoms with Crippen molar-refractivity contribution in [2.45, 2.75) is 12.5 Å². The second-order valence-corrected chi connectivity index (χ2v) is 18.8. The zero-order valence-corrected chi connectivity index (χ0v) is 39.5. The first kappa shape index (κ1) is 41.7. The molecule has 0 fully saturated rings. The van der Waals surface area contributed by atoms with E-state index in [1.807, 2.05) is 0 Å². The van der Waals surface area contributed by atoms with E-state index in [4.69, 9.17) is 4.74 Å². The van der Waals surface area contributed by atoms with Crippen molar-refractivity contribution in [3.05, 3.63) is 267 Å². The van der Waals surface area contributed by atoms with Gasteiger partial charge in [-0.3, -0.25) is 0 Å². The molecule has 1 unspecified atom stereocenters. The van der Waals surface area contributed by atoms with E-state index in [-0.39, 0.29) is 12.8 Å². The van der Waals surface area contributed by atoms with Crippen LogP contribution in [0.2, 0.25) is 0 Å². The van der Waals surface area contributed by atoms with Crippen LogP contribution in [0.25, 0.3) is 32.9 Å². The van der Waals surface area contributed by atoms with Gasteiger partial charge in [-0.15, -0.1) is 0 Å². The van der Waals surface area contributed by atoms with E-state index in [1.165, 1.54) is 43.9 Å². The number of benzene rings is 10. The maximum atomic E-state index is 7.16. The summed E-state index contributed by atoms with van der Waals surface area (Å²) in [6.45, 7) is -0.0790. The van der Waals surface area contributed by atoms with Gasteiger partial charge in [0, 0.05) is 79.1 Å². The first-order valence-electron chi connectivity index (χ1n) is 24.9. The second kappa shape index (κ2) is 17.3. The molecule has 0 N–H and O–H groups in total. The van der Waals surface area contributed by atoms with Gasteiger partial charge >= 0.3 is 0 Å². The summed E-state index contributed by atoms with van der Waals surface area (Å²) in [6.07, 6.45) is 9.88. The Morgan fingerprint density at radius 1 is 0.417 bits per heavy atom. The maximum Gasteiger partial charge on any atom is 0.256 e. The zero-order valence-electron chi connectivity index (χ0n) is 39.5. The third-order valence-electron chi connectivity index (χ3n) is 14.7. The molecule has 1 atom stereocenters. The summed E-state index contributed by atoms with van der Waals surface area (Å²) >= 11 is 0. The summed E-state index contributed by atoms with van der Waals surface area (Å²) in [7, 11) is 0. The van der Waals surface area contributed by atoms with E-state index in [0.717, 1.165) is 74.6 Å². The van der Waals surface area contributed by atoms with E-state index in [9.17, 15) is 0 Å². The molecule has 14 rings (SSSR count). The zero-order chi connectivity index (χ0) is 47.5. The van der Waals surface area contributed by atoms with E-state index in [2.05, 4.69) is 286 Å². The average Bonchev–Trinajstić information content (AvgIpc) is 3.78. The Morgan fingerprint density at radius 2 is 1.00 bits per heavy atom. The highest BCUT2D eigenvalue weighted by Gasteiger charge is 2.42. The normalized spacial score (nSPS) is 14.1. The van der Waals surface area contributed by atoms with Crippen LogP contribution in [0.1, 0.15) is 12.5 Å². The molecule has 1 aliphatic carbocycles. The average molecular weight is 923 g/mol. The van der Waals surface area contributed by atoms with Crippen LogP contribution in [-0.2, 0) is 0 Å². The highest BCUT2D eigenvalue weighted by molar-refractivity contribution is 6.99. The van der Waals surface area contributed by atoms with Gasteiger partial charge in [0.05, 0.1) is 6.04 Å². The Morgan fingerprint density at radius 3 is 1.74 bits per heavy atom. The number of hydrogen-bond acceptors (Lipinski definition) is 4. The number of allylic oxidation sites excluding steroid dienone is 4. The number of fused-ring (bicyclic) bond motifs is 7. The molecule has 6 heteroatoms. The largest absolute Gasteiger partial charge is 0.458 e. The van der Waals surface area contributed by atoms with Gasteiger partial charge < -0.3 is 24.0 Å². The van der Waals surface area contributed by atoms with E-state index >= 15 is 0 Å². The number of ether oxygens (including phenoxy) is 1. The molecule has 0 bridgehead atoms. The van der Waals surface area contributed by atoms with Crippen molar-refractivity contribution in [3.8, 4) is 22.6 Å². The predicted molar refractivity (Wildman–Crippen MR) is 302 cm³/mol. The van der Waals surface area contributed by atoms with Gasteiger partial charge in [0.1, 0.15) is 11.5 Å². The molecular weight excluding hydrogens is 876 g/mol. The highest BCUT2D eigenvalue weighted by Crippen LogP contribution is 2.46. The van der Waals surface area contributed by atoms with Gasteiger partial charge in [-0.1, -0.05) is 158 Å². The minimum atomic E-state index is -0.0790. The van der Waals surface area contributed by atoms with Crippen LogP contribution in [0.5, 0.6) is 11.5 Å². The van der Waals surface area contributed by atoms with E-state index < -0.39 is 0 Å². The van der Waals surface area contributed by atoms with Crippen LogP contribution in [0, 0.1) is 0 Å². The van der Waals surface area contributed by atoms with Crippen molar-refractivity contribution < 1.29 is 4.74 Å². The highest BCUT2D eigenvalue weighted by atomic mass is 16.5. The number of anilines is 9. The van der Waals surface area contributed by atoms with Gasteiger partial charge in [-0.05, 0) is 137 Å². The smallest absolute Gasteiger partial charge is 0.256 e. The standard InChI is InChI=1S/C66H47BN4O/c1-6-19-46(20-7-1)47-33-35-52(36-34-47)69(53-39-42-61-57(43-53)56-29-16-17-30-60(56)70(61)50-25-12-4-13-26-50)55-38-41-59-65(45-55)72-64-32-18-31-62-66(64)67(59)58-40-37-54(44-63(58)71(62)51-27-14-5-15-28-51)68(48-21-8-2-9-22-48)49-23-10-3-11-24-49/h1-25,27-45,50H,26H2. The quantitative estimate of drug-likeness (QED) is 0.135. The number of rotatable bonds is 9. The van der Waals surface area contributed by atoms with Gasteiger partial charge in [0.15, 0.2) is 0 Å². The molecule has 3 aliphatic rings. The van der Waals surface area contributed by atoms with Crippen molar-refractivity contribution in [1.82, 2.24) is 4.57 Å². The lowest BCUT2D eigenvalue weighted by atomic mass is 9.34. The van der Waals surface area contributed by atoms with Crippen molar-refractivity contribution in [2.24, 2.45) is 0 Å². The molecule has 340 valence electrons. The molecule has 0 spiro atoms. The molecule has 1 aromatic heterocycles. The van der Waals surface area contributed by atoms with Gasteiger partial charge in [0.2, 0.25) is 0 Å². The molecule has 11 aromatic rings. The molecular formula is C66H47BN4O. The molecule has 0 saturated carbocycles. The second-order valence-electron chi connectivity index (χ2n) is 18.8. The Bertz CT molecular complexity index is 3850. The number of hydrogen-bond donors (Lipinski definition) is 0.